The van der Waals surface area contributed by atoms with Crippen molar-refractivity contribution in [3.05, 3.63) is 28.5 Å². The lowest BCUT2D eigenvalue weighted by Crippen LogP contribution is -2.42. The molecule has 1 aromatic heterocycles. The summed E-state index contributed by atoms with van der Waals surface area (Å²) in [5, 5.41) is 0.564. The van der Waals surface area contributed by atoms with Gasteiger partial charge in [0.25, 0.3) is 0 Å². The monoisotopic (exact) mass is 337 g/mol. The average Bonchev–Trinajstić information content (AvgIpc) is 2.95. The molecule has 3 heterocycles. The van der Waals surface area contributed by atoms with Crippen molar-refractivity contribution < 1.29 is 9.53 Å². The average molecular weight is 338 g/mol. The summed E-state index contributed by atoms with van der Waals surface area (Å²) in [5.74, 6) is 0. The van der Waals surface area contributed by atoms with Crippen molar-refractivity contribution in [2.75, 3.05) is 19.6 Å². The van der Waals surface area contributed by atoms with E-state index in [1.807, 2.05) is 31.7 Å². The number of pyridine rings is 1. The third-order valence-electron chi connectivity index (χ3n) is 4.38. The van der Waals surface area contributed by atoms with Crippen LogP contribution in [0.5, 0.6) is 0 Å². The van der Waals surface area contributed by atoms with Gasteiger partial charge < -0.3 is 9.64 Å². The number of nitrogens with zero attached hydrogens (tertiary/aromatic N) is 3. The predicted octanol–water partition coefficient (Wildman–Crippen LogP) is 3.10. The Morgan fingerprint density at radius 3 is 2.87 bits per heavy atom. The van der Waals surface area contributed by atoms with Crippen LogP contribution in [-0.4, -0.2) is 52.2 Å². The summed E-state index contributed by atoms with van der Waals surface area (Å²) in [5.41, 5.74) is 1.91. The lowest BCUT2D eigenvalue weighted by molar-refractivity contribution is 0.0278. The highest BCUT2D eigenvalue weighted by molar-refractivity contribution is 6.29. The standard InChI is InChI=1S/C17H24ClN3O2/c1-17(2,3)23-16(22)21-8-6-13(11-21)20-9-7-14-12(10-20)4-5-15(18)19-14/h4-5,13H,6-11H2,1-3H3. The molecule has 2 aliphatic heterocycles. The fraction of sp³-hybridized carbons (Fsp3) is 0.647. The van der Waals surface area contributed by atoms with E-state index >= 15 is 0 Å². The third-order valence-corrected chi connectivity index (χ3v) is 4.59. The largest absolute Gasteiger partial charge is 0.444 e. The third kappa shape index (κ3) is 3.96. The van der Waals surface area contributed by atoms with E-state index in [9.17, 15) is 4.79 Å². The molecule has 0 N–H and O–H groups in total. The fourth-order valence-electron chi connectivity index (χ4n) is 3.26. The summed E-state index contributed by atoms with van der Waals surface area (Å²) in [6, 6.07) is 4.31. The van der Waals surface area contributed by atoms with Crippen LogP contribution in [0.3, 0.4) is 0 Å². The Kier molecular flexibility index (Phi) is 4.52. The molecular formula is C17H24ClN3O2. The highest BCUT2D eigenvalue weighted by Crippen LogP contribution is 2.25. The Bertz CT molecular complexity index is 600. The second kappa shape index (κ2) is 6.29. The Labute approximate surface area is 142 Å². The number of fused-ring (bicyclic) bond motifs is 1. The molecule has 23 heavy (non-hydrogen) atoms. The molecule has 0 bridgehead atoms. The normalized spacial score (nSPS) is 22.1. The van der Waals surface area contributed by atoms with Crippen molar-refractivity contribution in [2.45, 2.75) is 51.8 Å². The summed E-state index contributed by atoms with van der Waals surface area (Å²) in [7, 11) is 0. The fourth-order valence-corrected chi connectivity index (χ4v) is 3.42. The Morgan fingerprint density at radius 2 is 2.13 bits per heavy atom. The minimum Gasteiger partial charge on any atom is -0.444 e. The summed E-state index contributed by atoms with van der Waals surface area (Å²) in [4.78, 5) is 20.9. The Morgan fingerprint density at radius 1 is 1.35 bits per heavy atom. The van der Waals surface area contributed by atoms with E-state index in [2.05, 4.69) is 16.0 Å². The second-order valence-corrected chi connectivity index (χ2v) is 7.72. The van der Waals surface area contributed by atoms with E-state index in [0.29, 0.717) is 11.2 Å². The van der Waals surface area contributed by atoms with Crippen LogP contribution in [0.4, 0.5) is 4.79 Å². The van der Waals surface area contributed by atoms with Gasteiger partial charge >= 0.3 is 6.09 Å². The van der Waals surface area contributed by atoms with E-state index in [1.165, 1.54) is 5.56 Å². The van der Waals surface area contributed by atoms with Gasteiger partial charge in [0.15, 0.2) is 0 Å². The number of halogens is 1. The maximum Gasteiger partial charge on any atom is 0.410 e. The van der Waals surface area contributed by atoms with Gasteiger partial charge in [0.05, 0.1) is 0 Å². The minimum absolute atomic E-state index is 0.203. The molecule has 1 saturated heterocycles. The van der Waals surface area contributed by atoms with Crippen molar-refractivity contribution in [2.24, 2.45) is 0 Å². The summed E-state index contributed by atoms with van der Waals surface area (Å²) < 4.78 is 5.47. The summed E-state index contributed by atoms with van der Waals surface area (Å²) in [6.45, 7) is 9.06. The Hall–Kier alpha value is -1.33. The van der Waals surface area contributed by atoms with Crippen LogP contribution < -0.4 is 0 Å². The molecule has 1 amide bonds. The van der Waals surface area contributed by atoms with E-state index in [-0.39, 0.29) is 6.09 Å². The van der Waals surface area contributed by atoms with E-state index < -0.39 is 5.60 Å². The molecule has 1 fully saturated rings. The summed E-state index contributed by atoms with van der Waals surface area (Å²) in [6.07, 6.45) is 1.71. The van der Waals surface area contributed by atoms with Crippen LogP contribution in [0.1, 0.15) is 38.4 Å². The van der Waals surface area contributed by atoms with Crippen LogP contribution >= 0.6 is 11.6 Å². The van der Waals surface area contributed by atoms with Gasteiger partial charge in [-0.1, -0.05) is 17.7 Å². The number of carbonyl (C=O) groups excluding carboxylic acids is 1. The number of aromatic nitrogens is 1. The summed E-state index contributed by atoms with van der Waals surface area (Å²) >= 11 is 5.96. The van der Waals surface area contributed by atoms with Gasteiger partial charge in [0.2, 0.25) is 0 Å². The highest BCUT2D eigenvalue weighted by Gasteiger charge is 2.34. The number of amides is 1. The van der Waals surface area contributed by atoms with Gasteiger partial charge in [-0.2, -0.15) is 0 Å². The van der Waals surface area contributed by atoms with Crippen molar-refractivity contribution in [1.29, 1.82) is 0 Å². The number of carbonyl (C=O) groups is 1. The van der Waals surface area contributed by atoms with Crippen molar-refractivity contribution in [3.8, 4) is 0 Å². The molecule has 0 aliphatic carbocycles. The van der Waals surface area contributed by atoms with Gasteiger partial charge in [-0.25, -0.2) is 9.78 Å². The first-order valence-electron chi connectivity index (χ1n) is 8.18. The van der Waals surface area contributed by atoms with Gasteiger partial charge in [-0.05, 0) is 38.8 Å². The number of hydrogen-bond donors (Lipinski definition) is 0. The van der Waals surface area contributed by atoms with Crippen LogP contribution in [0.15, 0.2) is 12.1 Å². The van der Waals surface area contributed by atoms with Crippen molar-refractivity contribution in [3.63, 3.8) is 0 Å². The lowest BCUT2D eigenvalue weighted by atomic mass is 10.0. The topological polar surface area (TPSA) is 45.7 Å². The minimum atomic E-state index is -0.440. The Balaban J connectivity index is 1.60. The lowest BCUT2D eigenvalue weighted by Gasteiger charge is -2.33. The quantitative estimate of drug-likeness (QED) is 0.739. The molecule has 3 rings (SSSR count). The molecule has 1 atom stereocenters. The zero-order valence-electron chi connectivity index (χ0n) is 14.0. The van der Waals surface area contributed by atoms with Gasteiger partial charge in [-0.3, -0.25) is 4.90 Å². The molecule has 0 aromatic carbocycles. The van der Waals surface area contributed by atoms with Crippen molar-refractivity contribution >= 4 is 17.7 Å². The molecule has 2 aliphatic rings. The highest BCUT2D eigenvalue weighted by atomic mass is 35.5. The SMILES string of the molecule is CC(C)(C)OC(=O)N1CCC(N2CCc3nc(Cl)ccc3C2)C1. The maximum atomic E-state index is 12.2. The number of ether oxygens (including phenoxy) is 1. The second-order valence-electron chi connectivity index (χ2n) is 7.33. The van der Waals surface area contributed by atoms with E-state index in [1.54, 1.807) is 0 Å². The van der Waals surface area contributed by atoms with Crippen LogP contribution in [0.2, 0.25) is 5.15 Å². The molecule has 1 unspecified atom stereocenters. The number of rotatable bonds is 1. The molecule has 6 heteroatoms. The van der Waals surface area contributed by atoms with Gasteiger partial charge in [0, 0.05) is 44.3 Å². The molecule has 0 radical (unpaired) electrons. The van der Waals surface area contributed by atoms with Crippen LogP contribution in [-0.2, 0) is 17.7 Å². The molecule has 0 saturated carbocycles. The zero-order valence-corrected chi connectivity index (χ0v) is 14.8. The van der Waals surface area contributed by atoms with Crippen LogP contribution in [0, 0.1) is 0 Å². The maximum absolute atomic E-state index is 12.2. The molecule has 0 spiro atoms. The first-order valence-corrected chi connectivity index (χ1v) is 8.56. The van der Waals surface area contributed by atoms with E-state index in [0.717, 1.165) is 44.7 Å². The van der Waals surface area contributed by atoms with E-state index in [4.69, 9.17) is 16.3 Å². The smallest absolute Gasteiger partial charge is 0.410 e. The van der Waals surface area contributed by atoms with Crippen molar-refractivity contribution in [1.82, 2.24) is 14.8 Å². The molecule has 126 valence electrons. The predicted molar refractivity (Wildman–Crippen MR) is 89.6 cm³/mol. The number of likely N-dealkylation sites (tertiary alicyclic amines) is 1. The first kappa shape index (κ1) is 16.5. The molecule has 1 aromatic rings. The molecular weight excluding hydrogens is 314 g/mol. The van der Waals surface area contributed by atoms with Gasteiger partial charge in [-0.15, -0.1) is 0 Å². The first-order chi connectivity index (χ1) is 10.8. The zero-order chi connectivity index (χ0) is 16.6. The molecule has 5 nitrogen and oxygen atoms in total. The van der Waals surface area contributed by atoms with Gasteiger partial charge in [0.1, 0.15) is 10.8 Å². The van der Waals surface area contributed by atoms with Crippen LogP contribution in [0.25, 0.3) is 0 Å². The number of hydrogen-bond acceptors (Lipinski definition) is 4.